The summed E-state index contributed by atoms with van der Waals surface area (Å²) in [5.74, 6) is 2.02. The van der Waals surface area contributed by atoms with Crippen LogP contribution in [0.3, 0.4) is 0 Å². The molecule has 2 aromatic carbocycles. The van der Waals surface area contributed by atoms with Gasteiger partial charge < -0.3 is 19.3 Å². The lowest BCUT2D eigenvalue weighted by Crippen LogP contribution is -1.96. The minimum atomic E-state index is 0.150. The van der Waals surface area contributed by atoms with E-state index in [-0.39, 0.29) is 12.5 Å². The number of rotatable bonds is 6. The Hall–Kier alpha value is -2.95. The van der Waals surface area contributed by atoms with Crippen LogP contribution in [0.15, 0.2) is 48.0 Å². The van der Waals surface area contributed by atoms with Crippen LogP contribution in [0.1, 0.15) is 18.1 Å². The number of hydrogen-bond acceptors (Lipinski definition) is 5. The van der Waals surface area contributed by atoms with Crippen LogP contribution >= 0.6 is 0 Å². The molecule has 0 spiro atoms. The second-order valence-corrected chi connectivity index (χ2v) is 5.25. The van der Waals surface area contributed by atoms with Crippen molar-refractivity contribution in [3.63, 3.8) is 0 Å². The van der Waals surface area contributed by atoms with Gasteiger partial charge >= 0.3 is 0 Å². The van der Waals surface area contributed by atoms with E-state index >= 15 is 0 Å². The maximum absolute atomic E-state index is 10.2. The number of ether oxygens (including phenoxy) is 3. The fourth-order valence-electron chi connectivity index (χ4n) is 2.45. The summed E-state index contributed by atoms with van der Waals surface area (Å²) in [7, 11) is 0. The Labute approximate surface area is 140 Å². The highest BCUT2D eigenvalue weighted by Gasteiger charge is 2.13. The molecule has 5 heteroatoms. The maximum atomic E-state index is 10.2. The molecule has 1 aliphatic rings. The molecule has 0 atom stereocenters. The SMILES string of the molecule is C=CCc1cc(C=Nc2ccc3c(c2)OCO3)cc(OCC)c1O. The van der Waals surface area contributed by atoms with Crippen molar-refractivity contribution in [1.82, 2.24) is 0 Å². The molecule has 124 valence electrons. The highest BCUT2D eigenvalue weighted by Crippen LogP contribution is 2.35. The van der Waals surface area contributed by atoms with Crippen LogP contribution in [0.2, 0.25) is 0 Å². The quantitative estimate of drug-likeness (QED) is 0.644. The molecular formula is C19H19NO4. The van der Waals surface area contributed by atoms with Gasteiger partial charge in [0, 0.05) is 17.8 Å². The van der Waals surface area contributed by atoms with E-state index < -0.39 is 0 Å². The van der Waals surface area contributed by atoms with Crippen LogP contribution < -0.4 is 14.2 Å². The van der Waals surface area contributed by atoms with E-state index in [1.54, 1.807) is 18.4 Å². The van der Waals surface area contributed by atoms with E-state index in [0.29, 0.717) is 24.5 Å². The molecule has 1 aliphatic heterocycles. The smallest absolute Gasteiger partial charge is 0.231 e. The van der Waals surface area contributed by atoms with Gasteiger partial charge in [-0.1, -0.05) is 6.08 Å². The van der Waals surface area contributed by atoms with Crippen molar-refractivity contribution in [3.05, 3.63) is 54.1 Å². The Balaban J connectivity index is 1.89. The predicted octanol–water partition coefficient (Wildman–Crippen LogP) is 4.00. The van der Waals surface area contributed by atoms with Crippen LogP contribution in [0, 0.1) is 0 Å². The second-order valence-electron chi connectivity index (χ2n) is 5.25. The minimum Gasteiger partial charge on any atom is -0.504 e. The normalized spacial score (nSPS) is 12.5. The molecule has 5 nitrogen and oxygen atoms in total. The first-order valence-electron chi connectivity index (χ1n) is 7.74. The van der Waals surface area contributed by atoms with Crippen molar-refractivity contribution < 1.29 is 19.3 Å². The largest absolute Gasteiger partial charge is 0.504 e. The summed E-state index contributed by atoms with van der Waals surface area (Å²) >= 11 is 0. The Morgan fingerprint density at radius 3 is 2.88 bits per heavy atom. The molecule has 0 saturated carbocycles. The zero-order chi connectivity index (χ0) is 16.9. The van der Waals surface area contributed by atoms with Crippen molar-refractivity contribution in [3.8, 4) is 23.0 Å². The predicted molar refractivity (Wildman–Crippen MR) is 93.0 cm³/mol. The summed E-state index contributed by atoms with van der Waals surface area (Å²) in [4.78, 5) is 4.46. The molecule has 1 heterocycles. The Morgan fingerprint density at radius 1 is 1.25 bits per heavy atom. The lowest BCUT2D eigenvalue weighted by molar-refractivity contribution is 0.174. The molecule has 0 aliphatic carbocycles. The van der Waals surface area contributed by atoms with Crippen LogP contribution in [-0.2, 0) is 6.42 Å². The molecule has 0 radical (unpaired) electrons. The highest BCUT2D eigenvalue weighted by atomic mass is 16.7. The third-order valence-electron chi connectivity index (χ3n) is 3.56. The van der Waals surface area contributed by atoms with E-state index in [9.17, 15) is 5.11 Å². The van der Waals surface area contributed by atoms with Gasteiger partial charge in [-0.3, -0.25) is 4.99 Å². The van der Waals surface area contributed by atoms with Gasteiger partial charge in [-0.25, -0.2) is 0 Å². The number of aromatic hydroxyl groups is 1. The molecular weight excluding hydrogens is 306 g/mol. The van der Waals surface area contributed by atoms with Gasteiger partial charge in [-0.2, -0.15) is 0 Å². The molecule has 0 unspecified atom stereocenters. The topological polar surface area (TPSA) is 60.3 Å². The molecule has 0 amide bonds. The van der Waals surface area contributed by atoms with Gasteiger partial charge in [0.05, 0.1) is 12.3 Å². The van der Waals surface area contributed by atoms with Gasteiger partial charge in [0.15, 0.2) is 23.0 Å². The van der Waals surface area contributed by atoms with E-state index in [0.717, 1.165) is 22.6 Å². The summed E-state index contributed by atoms with van der Waals surface area (Å²) < 4.78 is 16.1. The standard InChI is InChI=1S/C19H19NO4/c1-3-5-14-8-13(9-18(19(14)21)22-4-2)11-20-15-6-7-16-17(10-15)24-12-23-16/h3,6-11,21H,1,4-5,12H2,2H3. The van der Waals surface area contributed by atoms with Crippen molar-refractivity contribution in [2.24, 2.45) is 4.99 Å². The first-order valence-corrected chi connectivity index (χ1v) is 7.74. The van der Waals surface area contributed by atoms with Crippen LogP contribution in [0.4, 0.5) is 5.69 Å². The molecule has 0 fully saturated rings. The average Bonchev–Trinajstić information content (AvgIpc) is 3.05. The summed E-state index contributed by atoms with van der Waals surface area (Å²) in [6, 6.07) is 9.16. The van der Waals surface area contributed by atoms with E-state index in [1.807, 2.05) is 31.2 Å². The Bertz CT molecular complexity index is 783. The molecule has 0 saturated heterocycles. The van der Waals surface area contributed by atoms with Crippen LogP contribution in [0.25, 0.3) is 0 Å². The van der Waals surface area contributed by atoms with Gasteiger partial charge in [0.1, 0.15) is 0 Å². The summed E-state index contributed by atoms with van der Waals surface area (Å²) in [6.07, 6.45) is 4.02. The molecule has 0 aromatic heterocycles. The summed E-state index contributed by atoms with van der Waals surface area (Å²) in [5, 5.41) is 10.2. The maximum Gasteiger partial charge on any atom is 0.231 e. The second kappa shape index (κ2) is 7.08. The zero-order valence-electron chi connectivity index (χ0n) is 13.5. The number of hydrogen-bond donors (Lipinski definition) is 1. The monoisotopic (exact) mass is 325 g/mol. The molecule has 1 N–H and O–H groups in total. The fourth-order valence-corrected chi connectivity index (χ4v) is 2.45. The van der Waals surface area contributed by atoms with Gasteiger partial charge in [-0.15, -0.1) is 6.58 Å². The van der Waals surface area contributed by atoms with Crippen molar-refractivity contribution in [2.75, 3.05) is 13.4 Å². The van der Waals surface area contributed by atoms with Crippen LogP contribution in [-0.4, -0.2) is 24.7 Å². The van der Waals surface area contributed by atoms with Crippen molar-refractivity contribution in [1.29, 1.82) is 0 Å². The number of nitrogens with zero attached hydrogens (tertiary/aromatic N) is 1. The van der Waals surface area contributed by atoms with E-state index in [2.05, 4.69) is 11.6 Å². The summed E-state index contributed by atoms with van der Waals surface area (Å²) in [5.41, 5.74) is 2.35. The van der Waals surface area contributed by atoms with Gasteiger partial charge in [-0.05, 0) is 43.2 Å². The first kappa shape index (κ1) is 15.9. The van der Waals surface area contributed by atoms with E-state index in [1.165, 1.54) is 0 Å². The minimum absolute atomic E-state index is 0.150. The molecule has 2 aromatic rings. The third kappa shape index (κ3) is 3.35. The first-order chi connectivity index (χ1) is 11.7. The highest BCUT2D eigenvalue weighted by molar-refractivity contribution is 5.84. The Kier molecular flexibility index (Phi) is 4.70. The number of allylic oxidation sites excluding steroid dienone is 1. The third-order valence-corrected chi connectivity index (χ3v) is 3.56. The number of aliphatic imine (C=N–C) groups is 1. The Morgan fingerprint density at radius 2 is 2.08 bits per heavy atom. The average molecular weight is 325 g/mol. The van der Waals surface area contributed by atoms with Crippen molar-refractivity contribution >= 4 is 11.9 Å². The molecule has 24 heavy (non-hydrogen) atoms. The number of benzene rings is 2. The summed E-state index contributed by atoms with van der Waals surface area (Å²) in [6.45, 7) is 6.31. The van der Waals surface area contributed by atoms with Gasteiger partial charge in [0.25, 0.3) is 0 Å². The molecule has 0 bridgehead atoms. The zero-order valence-corrected chi connectivity index (χ0v) is 13.5. The lowest BCUT2D eigenvalue weighted by atomic mass is 10.1. The van der Waals surface area contributed by atoms with Crippen molar-refractivity contribution in [2.45, 2.75) is 13.3 Å². The van der Waals surface area contributed by atoms with E-state index in [4.69, 9.17) is 14.2 Å². The molecule has 3 rings (SSSR count). The number of phenols is 1. The van der Waals surface area contributed by atoms with Gasteiger partial charge in [0.2, 0.25) is 6.79 Å². The lowest BCUT2D eigenvalue weighted by Gasteiger charge is -2.10. The van der Waals surface area contributed by atoms with Crippen LogP contribution in [0.5, 0.6) is 23.0 Å². The number of fused-ring (bicyclic) bond motifs is 1. The number of phenolic OH excluding ortho intramolecular Hbond substituents is 1. The fraction of sp³-hybridized carbons (Fsp3) is 0.211.